The highest BCUT2D eigenvalue weighted by Crippen LogP contribution is 2.33. The number of thioether (sulfide) groups is 1. The SMILES string of the molecule is Cc1ccc(N2C(=O)S[C@H](Nc3ccc(C)cc3C)C2=O)cc1. The van der Waals surface area contributed by atoms with Crippen LogP contribution in [0.1, 0.15) is 16.7 Å². The van der Waals surface area contributed by atoms with Crippen LogP contribution in [-0.4, -0.2) is 16.5 Å². The Kier molecular flexibility index (Phi) is 4.13. The summed E-state index contributed by atoms with van der Waals surface area (Å²) in [6.07, 6.45) is 0. The fourth-order valence-electron chi connectivity index (χ4n) is 2.55. The quantitative estimate of drug-likeness (QED) is 0.916. The number of imide groups is 1. The van der Waals surface area contributed by atoms with Gasteiger partial charge in [-0.25, -0.2) is 4.90 Å². The summed E-state index contributed by atoms with van der Waals surface area (Å²) in [6.45, 7) is 5.98. The van der Waals surface area contributed by atoms with E-state index in [1.54, 1.807) is 12.1 Å². The molecular formula is C18H18N2O2S. The molecule has 0 spiro atoms. The van der Waals surface area contributed by atoms with Crippen molar-refractivity contribution in [2.24, 2.45) is 0 Å². The maximum Gasteiger partial charge on any atom is 0.295 e. The molecule has 4 nitrogen and oxygen atoms in total. The van der Waals surface area contributed by atoms with Crippen molar-refractivity contribution in [2.45, 2.75) is 26.1 Å². The molecule has 1 fully saturated rings. The van der Waals surface area contributed by atoms with Crippen LogP contribution in [0.2, 0.25) is 0 Å². The van der Waals surface area contributed by atoms with Gasteiger partial charge in [-0.15, -0.1) is 0 Å². The highest BCUT2D eigenvalue weighted by molar-refractivity contribution is 8.16. The van der Waals surface area contributed by atoms with E-state index in [0.29, 0.717) is 5.69 Å². The first-order chi connectivity index (χ1) is 11.0. The lowest BCUT2D eigenvalue weighted by atomic mass is 10.1. The third-order valence-electron chi connectivity index (χ3n) is 3.81. The van der Waals surface area contributed by atoms with Crippen molar-refractivity contribution < 1.29 is 9.59 Å². The van der Waals surface area contributed by atoms with Crippen molar-refractivity contribution in [3.63, 3.8) is 0 Å². The van der Waals surface area contributed by atoms with Crippen LogP contribution in [0.25, 0.3) is 0 Å². The van der Waals surface area contributed by atoms with E-state index in [1.165, 1.54) is 4.90 Å². The van der Waals surface area contributed by atoms with Gasteiger partial charge in [-0.1, -0.05) is 35.4 Å². The number of hydrogen-bond donors (Lipinski definition) is 1. The Morgan fingerprint density at radius 2 is 1.61 bits per heavy atom. The van der Waals surface area contributed by atoms with Gasteiger partial charge in [-0.05, 0) is 56.3 Å². The number of carbonyl (C=O) groups excluding carboxylic acids is 2. The van der Waals surface area contributed by atoms with E-state index in [-0.39, 0.29) is 11.1 Å². The Bertz CT molecular complexity index is 771. The summed E-state index contributed by atoms with van der Waals surface area (Å²) in [4.78, 5) is 26.1. The average Bonchev–Trinajstić information content (AvgIpc) is 2.78. The fraction of sp³-hybridized carbons (Fsp3) is 0.222. The molecule has 1 saturated heterocycles. The molecule has 0 unspecified atom stereocenters. The molecule has 1 aliphatic rings. The van der Waals surface area contributed by atoms with E-state index in [9.17, 15) is 9.59 Å². The first kappa shape index (κ1) is 15.6. The lowest BCUT2D eigenvalue weighted by molar-refractivity contribution is -0.116. The van der Waals surface area contributed by atoms with Crippen molar-refractivity contribution in [3.8, 4) is 0 Å². The molecule has 2 amide bonds. The van der Waals surface area contributed by atoms with Crippen LogP contribution in [0.5, 0.6) is 0 Å². The molecular weight excluding hydrogens is 308 g/mol. The van der Waals surface area contributed by atoms with Gasteiger partial charge in [0.2, 0.25) is 0 Å². The van der Waals surface area contributed by atoms with Gasteiger partial charge in [0.25, 0.3) is 11.1 Å². The summed E-state index contributed by atoms with van der Waals surface area (Å²) in [5.74, 6) is -0.233. The third kappa shape index (κ3) is 3.10. The maximum atomic E-state index is 12.6. The lowest BCUT2D eigenvalue weighted by Gasteiger charge is -2.16. The Hall–Kier alpha value is -2.27. The molecule has 2 aromatic carbocycles. The van der Waals surface area contributed by atoms with Crippen LogP contribution < -0.4 is 10.2 Å². The van der Waals surface area contributed by atoms with Gasteiger partial charge < -0.3 is 5.32 Å². The predicted molar refractivity (Wildman–Crippen MR) is 95.0 cm³/mol. The van der Waals surface area contributed by atoms with Crippen molar-refractivity contribution in [1.29, 1.82) is 0 Å². The van der Waals surface area contributed by atoms with Crippen LogP contribution >= 0.6 is 11.8 Å². The van der Waals surface area contributed by atoms with E-state index >= 15 is 0 Å². The summed E-state index contributed by atoms with van der Waals surface area (Å²) < 4.78 is 0. The molecule has 0 saturated carbocycles. The highest BCUT2D eigenvalue weighted by atomic mass is 32.2. The molecule has 0 aromatic heterocycles. The third-order valence-corrected chi connectivity index (χ3v) is 4.75. The number of nitrogens with zero attached hydrogens (tertiary/aromatic N) is 1. The predicted octanol–water partition coefficient (Wildman–Crippen LogP) is 4.25. The summed E-state index contributed by atoms with van der Waals surface area (Å²) in [7, 11) is 0. The van der Waals surface area contributed by atoms with Crippen LogP contribution in [0.15, 0.2) is 42.5 Å². The molecule has 0 radical (unpaired) electrons. The topological polar surface area (TPSA) is 49.4 Å². The highest BCUT2D eigenvalue weighted by Gasteiger charge is 2.40. The Morgan fingerprint density at radius 1 is 0.957 bits per heavy atom. The zero-order valence-electron chi connectivity index (χ0n) is 13.3. The van der Waals surface area contributed by atoms with Crippen LogP contribution in [0, 0.1) is 20.8 Å². The number of carbonyl (C=O) groups is 2. The molecule has 1 heterocycles. The molecule has 0 bridgehead atoms. The minimum atomic E-state index is -0.592. The van der Waals surface area contributed by atoms with Gasteiger partial charge in [0.1, 0.15) is 0 Å². The van der Waals surface area contributed by atoms with Gasteiger partial charge in [-0.3, -0.25) is 9.59 Å². The monoisotopic (exact) mass is 326 g/mol. The summed E-state index contributed by atoms with van der Waals surface area (Å²) in [5.41, 5.74) is 4.80. The largest absolute Gasteiger partial charge is 0.365 e. The van der Waals surface area contributed by atoms with Gasteiger partial charge >= 0.3 is 0 Å². The van der Waals surface area contributed by atoms with E-state index in [0.717, 1.165) is 34.1 Å². The average molecular weight is 326 g/mol. The summed E-state index contributed by atoms with van der Waals surface area (Å²) in [5, 5.41) is 2.34. The molecule has 1 N–H and O–H groups in total. The number of anilines is 2. The molecule has 5 heteroatoms. The Morgan fingerprint density at radius 3 is 2.26 bits per heavy atom. The van der Waals surface area contributed by atoms with E-state index in [4.69, 9.17) is 0 Å². The molecule has 1 aliphatic heterocycles. The van der Waals surface area contributed by atoms with Crippen LogP contribution in [0.4, 0.5) is 16.2 Å². The van der Waals surface area contributed by atoms with Crippen LogP contribution in [0.3, 0.4) is 0 Å². The van der Waals surface area contributed by atoms with Gasteiger partial charge in [0.05, 0.1) is 5.69 Å². The fourth-order valence-corrected chi connectivity index (χ4v) is 3.44. The number of benzene rings is 2. The van der Waals surface area contributed by atoms with Gasteiger partial charge in [0.15, 0.2) is 5.37 Å². The summed E-state index contributed by atoms with van der Waals surface area (Å²) >= 11 is 1.01. The Balaban J connectivity index is 1.82. The van der Waals surface area contributed by atoms with Crippen molar-refractivity contribution in [1.82, 2.24) is 0 Å². The van der Waals surface area contributed by atoms with E-state index in [2.05, 4.69) is 5.32 Å². The molecule has 0 aliphatic carbocycles. The maximum absolute atomic E-state index is 12.6. The van der Waals surface area contributed by atoms with Gasteiger partial charge in [-0.2, -0.15) is 0 Å². The second kappa shape index (κ2) is 6.08. The number of hydrogen-bond acceptors (Lipinski definition) is 4. The minimum Gasteiger partial charge on any atom is -0.365 e. The molecule has 118 valence electrons. The number of aryl methyl sites for hydroxylation is 3. The number of amides is 2. The van der Waals surface area contributed by atoms with E-state index in [1.807, 2.05) is 51.1 Å². The molecule has 2 aromatic rings. The lowest BCUT2D eigenvalue weighted by Crippen LogP contribution is -2.34. The van der Waals surface area contributed by atoms with Crippen molar-refractivity contribution in [2.75, 3.05) is 10.2 Å². The van der Waals surface area contributed by atoms with E-state index < -0.39 is 5.37 Å². The zero-order chi connectivity index (χ0) is 16.6. The second-order valence-corrected chi connectivity index (χ2v) is 6.79. The zero-order valence-corrected chi connectivity index (χ0v) is 14.1. The number of nitrogens with one attached hydrogen (secondary N) is 1. The van der Waals surface area contributed by atoms with Crippen LogP contribution in [-0.2, 0) is 4.79 Å². The summed E-state index contributed by atoms with van der Waals surface area (Å²) in [6, 6.07) is 13.4. The molecule has 23 heavy (non-hydrogen) atoms. The molecule has 1 atom stereocenters. The smallest absolute Gasteiger partial charge is 0.295 e. The minimum absolute atomic E-state index is 0.233. The van der Waals surface area contributed by atoms with Crippen molar-refractivity contribution >= 4 is 34.3 Å². The molecule has 3 rings (SSSR count). The standard InChI is InChI=1S/C18H18N2O2S/c1-11-4-7-14(8-5-11)20-17(21)16(23-18(20)22)19-15-9-6-12(2)10-13(15)3/h4-10,16,19H,1-3H3/t16-/m0/s1. The Labute approximate surface area is 139 Å². The first-order valence-corrected chi connectivity index (χ1v) is 8.29. The second-order valence-electron chi connectivity index (χ2n) is 5.74. The normalized spacial score (nSPS) is 17.7. The van der Waals surface area contributed by atoms with Crippen molar-refractivity contribution in [3.05, 3.63) is 59.2 Å². The van der Waals surface area contributed by atoms with Gasteiger partial charge in [0, 0.05) is 5.69 Å². The number of rotatable bonds is 3. The first-order valence-electron chi connectivity index (χ1n) is 7.41.